The van der Waals surface area contributed by atoms with Crippen molar-refractivity contribution in [2.45, 2.75) is 25.7 Å². The molecule has 1 N–H and O–H groups in total. The minimum atomic E-state index is -0.422. The van der Waals surface area contributed by atoms with Crippen LogP contribution >= 0.6 is 0 Å². The van der Waals surface area contributed by atoms with Crippen LogP contribution in [-0.2, 0) is 4.74 Å². The van der Waals surface area contributed by atoms with Gasteiger partial charge < -0.3 is 19.7 Å². The average molecular weight is 410 g/mol. The van der Waals surface area contributed by atoms with Crippen LogP contribution in [-0.4, -0.2) is 55.1 Å². The Balaban J connectivity index is 1.17. The van der Waals surface area contributed by atoms with Crippen LogP contribution in [0.25, 0.3) is 0 Å². The number of aromatic nitrogens is 2. The normalized spacial score (nSPS) is 16.2. The highest BCUT2D eigenvalue weighted by atomic mass is 16.5. The van der Waals surface area contributed by atoms with Gasteiger partial charge in [0.1, 0.15) is 5.75 Å². The Bertz CT molecular complexity index is 908. The molecule has 8 heteroatoms. The van der Waals surface area contributed by atoms with Gasteiger partial charge in [0.15, 0.2) is 6.61 Å². The van der Waals surface area contributed by atoms with Gasteiger partial charge in [0, 0.05) is 43.8 Å². The van der Waals surface area contributed by atoms with Crippen LogP contribution in [0.3, 0.4) is 0 Å². The Labute approximate surface area is 175 Å². The van der Waals surface area contributed by atoms with Crippen molar-refractivity contribution in [2.24, 2.45) is 5.92 Å². The number of esters is 1. The summed E-state index contributed by atoms with van der Waals surface area (Å²) in [5, 5.41) is 3.42. The van der Waals surface area contributed by atoms with Crippen molar-refractivity contribution >= 4 is 23.4 Å². The fourth-order valence-electron chi connectivity index (χ4n) is 3.96. The number of methoxy groups -OCH3 is 1. The number of hydrogen-bond donors (Lipinski definition) is 1. The summed E-state index contributed by atoms with van der Waals surface area (Å²) in [4.78, 5) is 33.9. The van der Waals surface area contributed by atoms with Crippen LogP contribution in [0.5, 0.6) is 5.75 Å². The lowest BCUT2D eigenvalue weighted by Gasteiger charge is -2.32. The second kappa shape index (κ2) is 9.11. The lowest BCUT2D eigenvalue weighted by atomic mass is 9.92. The zero-order chi connectivity index (χ0) is 20.9. The molecule has 2 aromatic rings. The smallest absolute Gasteiger partial charge is 0.341 e. The molecule has 0 aliphatic carbocycles. The number of ketones is 1. The van der Waals surface area contributed by atoms with E-state index in [2.05, 4.69) is 24.9 Å². The first-order chi connectivity index (χ1) is 14.6. The molecule has 158 valence electrons. The van der Waals surface area contributed by atoms with Gasteiger partial charge in [-0.2, -0.15) is 0 Å². The van der Waals surface area contributed by atoms with E-state index < -0.39 is 5.97 Å². The number of rotatable bonds is 7. The molecule has 4 rings (SSSR count). The minimum absolute atomic E-state index is 0.0488. The van der Waals surface area contributed by atoms with Gasteiger partial charge in [-0.1, -0.05) is 0 Å². The first-order valence-corrected chi connectivity index (χ1v) is 10.3. The highest BCUT2D eigenvalue weighted by Crippen LogP contribution is 2.29. The number of carbonyl (C=O) groups is 2. The van der Waals surface area contributed by atoms with Crippen LogP contribution in [0.15, 0.2) is 30.6 Å². The van der Waals surface area contributed by atoms with E-state index in [1.807, 2.05) is 18.2 Å². The van der Waals surface area contributed by atoms with Crippen LogP contribution in [0.4, 0.5) is 11.6 Å². The second-order valence-corrected chi connectivity index (χ2v) is 7.69. The summed E-state index contributed by atoms with van der Waals surface area (Å²) < 4.78 is 10.1. The first kappa shape index (κ1) is 20.1. The zero-order valence-corrected chi connectivity index (χ0v) is 17.1. The van der Waals surface area contributed by atoms with Gasteiger partial charge in [-0.15, -0.1) is 0 Å². The Kier molecular flexibility index (Phi) is 6.11. The van der Waals surface area contributed by atoms with Crippen LogP contribution in [0.1, 0.15) is 46.4 Å². The molecule has 2 aliphatic heterocycles. The van der Waals surface area contributed by atoms with Crippen molar-refractivity contribution < 1.29 is 19.1 Å². The summed E-state index contributed by atoms with van der Waals surface area (Å²) >= 11 is 0. The van der Waals surface area contributed by atoms with E-state index in [1.165, 1.54) is 25.9 Å². The molecule has 1 saturated heterocycles. The average Bonchev–Trinajstić information content (AvgIpc) is 3.17. The third-order valence-corrected chi connectivity index (χ3v) is 5.72. The van der Waals surface area contributed by atoms with Gasteiger partial charge in [-0.25, -0.2) is 14.8 Å². The van der Waals surface area contributed by atoms with Crippen molar-refractivity contribution in [3.05, 3.63) is 41.7 Å². The third-order valence-electron chi connectivity index (χ3n) is 5.72. The summed E-state index contributed by atoms with van der Waals surface area (Å²) in [7, 11) is 1.35. The molecule has 0 saturated carbocycles. The van der Waals surface area contributed by atoms with Crippen LogP contribution in [0.2, 0.25) is 0 Å². The predicted molar refractivity (Wildman–Crippen MR) is 112 cm³/mol. The van der Waals surface area contributed by atoms with Crippen molar-refractivity contribution in [3.63, 3.8) is 0 Å². The van der Waals surface area contributed by atoms with E-state index in [0.29, 0.717) is 28.7 Å². The maximum Gasteiger partial charge on any atom is 0.341 e. The number of carbonyl (C=O) groups excluding carboxylic acids is 2. The lowest BCUT2D eigenvalue weighted by molar-refractivity contribution is 0.0599. The Morgan fingerprint density at radius 3 is 2.77 bits per heavy atom. The SMILES string of the molecule is COC(=O)c1cnc(N2CCC(CCCNc3ccc4c(c3)OCC4=O)CC2)nc1. The summed E-state index contributed by atoms with van der Waals surface area (Å²) in [6.45, 7) is 2.89. The quantitative estimate of drug-likeness (QED) is 0.550. The van der Waals surface area contributed by atoms with E-state index >= 15 is 0 Å². The van der Waals surface area contributed by atoms with Gasteiger partial charge in [0.25, 0.3) is 0 Å². The Hall–Kier alpha value is -3.16. The fraction of sp³-hybridized carbons (Fsp3) is 0.455. The molecule has 1 aromatic carbocycles. The van der Waals surface area contributed by atoms with Crippen molar-refractivity contribution in [2.75, 3.05) is 43.6 Å². The molecule has 0 atom stereocenters. The van der Waals surface area contributed by atoms with Gasteiger partial charge in [-0.05, 0) is 43.7 Å². The minimum Gasteiger partial charge on any atom is -0.485 e. The highest BCUT2D eigenvalue weighted by molar-refractivity contribution is 6.02. The number of Topliss-reactive ketones (excluding diaryl/α,β-unsaturated/α-hetero) is 1. The first-order valence-electron chi connectivity index (χ1n) is 10.3. The molecule has 3 heterocycles. The molecule has 0 amide bonds. The molecule has 0 radical (unpaired) electrons. The summed E-state index contributed by atoms with van der Waals surface area (Å²) in [5.74, 6) is 1.67. The highest BCUT2D eigenvalue weighted by Gasteiger charge is 2.22. The summed E-state index contributed by atoms with van der Waals surface area (Å²) in [6.07, 6.45) is 7.51. The molecule has 1 fully saturated rings. The number of nitrogens with zero attached hydrogens (tertiary/aromatic N) is 3. The van der Waals surface area contributed by atoms with E-state index in [9.17, 15) is 9.59 Å². The largest absolute Gasteiger partial charge is 0.485 e. The monoisotopic (exact) mass is 410 g/mol. The van der Waals surface area contributed by atoms with Crippen LogP contribution < -0.4 is 15.0 Å². The maximum atomic E-state index is 11.6. The maximum absolute atomic E-state index is 11.6. The predicted octanol–water partition coefficient (Wildman–Crippen LogP) is 2.95. The molecular formula is C22H26N4O4. The topological polar surface area (TPSA) is 93.6 Å². The summed E-state index contributed by atoms with van der Waals surface area (Å²) in [6, 6.07) is 5.68. The molecule has 0 bridgehead atoms. The van der Waals surface area contributed by atoms with E-state index in [0.717, 1.165) is 44.6 Å². The molecule has 8 nitrogen and oxygen atoms in total. The second-order valence-electron chi connectivity index (χ2n) is 7.69. The number of fused-ring (bicyclic) bond motifs is 1. The van der Waals surface area contributed by atoms with E-state index in [4.69, 9.17) is 4.74 Å². The third kappa shape index (κ3) is 4.53. The fourth-order valence-corrected chi connectivity index (χ4v) is 3.96. The molecular weight excluding hydrogens is 384 g/mol. The molecule has 1 aromatic heterocycles. The van der Waals surface area contributed by atoms with E-state index in [1.54, 1.807) is 0 Å². The number of piperidine rings is 1. The summed E-state index contributed by atoms with van der Waals surface area (Å²) in [5.41, 5.74) is 2.03. The van der Waals surface area contributed by atoms with Gasteiger partial charge in [0.05, 0.1) is 18.2 Å². The van der Waals surface area contributed by atoms with E-state index in [-0.39, 0.29) is 12.4 Å². The molecule has 2 aliphatic rings. The Morgan fingerprint density at radius 1 is 1.27 bits per heavy atom. The lowest BCUT2D eigenvalue weighted by Crippen LogP contribution is -2.35. The number of anilines is 2. The van der Waals surface area contributed by atoms with Gasteiger partial charge in [0.2, 0.25) is 11.7 Å². The molecule has 30 heavy (non-hydrogen) atoms. The number of hydrogen-bond acceptors (Lipinski definition) is 8. The number of nitrogens with one attached hydrogen (secondary N) is 1. The molecule has 0 spiro atoms. The van der Waals surface area contributed by atoms with Crippen molar-refractivity contribution in [3.8, 4) is 5.75 Å². The number of ether oxygens (including phenoxy) is 2. The Morgan fingerprint density at radius 2 is 2.03 bits per heavy atom. The van der Waals surface area contributed by atoms with Gasteiger partial charge >= 0.3 is 5.97 Å². The zero-order valence-electron chi connectivity index (χ0n) is 17.1. The van der Waals surface area contributed by atoms with Crippen molar-refractivity contribution in [1.82, 2.24) is 9.97 Å². The van der Waals surface area contributed by atoms with Crippen LogP contribution in [0, 0.1) is 5.92 Å². The molecule has 0 unspecified atom stereocenters. The van der Waals surface area contributed by atoms with Gasteiger partial charge in [-0.3, -0.25) is 4.79 Å². The standard InChI is InChI=1S/C22H26N4O4/c1-29-21(28)16-12-24-22(25-13-16)26-9-6-15(7-10-26)3-2-8-23-17-4-5-18-19(27)14-30-20(18)11-17/h4-5,11-13,15,23H,2-3,6-10,14H2,1H3. The number of benzene rings is 1. The van der Waals surface area contributed by atoms with Crippen molar-refractivity contribution in [1.29, 1.82) is 0 Å².